The number of fused-ring (bicyclic) bond motifs is 1. The molecule has 0 spiro atoms. The van der Waals surface area contributed by atoms with Gasteiger partial charge in [0.05, 0.1) is 6.54 Å². The Bertz CT molecular complexity index is 762. The maximum absolute atomic E-state index is 13.2. The van der Waals surface area contributed by atoms with E-state index in [1.807, 2.05) is 30.3 Å². The molecule has 0 radical (unpaired) electrons. The van der Waals surface area contributed by atoms with Crippen molar-refractivity contribution in [1.82, 2.24) is 4.65 Å². The van der Waals surface area contributed by atoms with Gasteiger partial charge in [0.25, 0.3) is 0 Å². The quantitative estimate of drug-likeness (QED) is 0.695. The number of nitrogens with zero attached hydrogens (tertiary/aromatic N) is 2. The van der Waals surface area contributed by atoms with Crippen molar-refractivity contribution in [3.8, 4) is 0 Å². The largest absolute Gasteiger partial charge is 0.618 e. The van der Waals surface area contributed by atoms with Gasteiger partial charge in [-0.2, -0.15) is 0 Å². The molecule has 2 aromatic carbocycles. The van der Waals surface area contributed by atoms with Crippen molar-refractivity contribution in [1.29, 1.82) is 0 Å². The number of aliphatic carboxylic acids is 1. The number of quaternary nitrogens is 1. The van der Waals surface area contributed by atoms with Crippen LogP contribution in [0.15, 0.2) is 54.6 Å². The van der Waals surface area contributed by atoms with E-state index >= 15 is 0 Å². The summed E-state index contributed by atoms with van der Waals surface area (Å²) in [7, 11) is 0. The van der Waals surface area contributed by atoms with Crippen LogP contribution in [0.1, 0.15) is 12.5 Å². The molecule has 3 rings (SSSR count). The Morgan fingerprint density at radius 3 is 2.43 bits per heavy atom. The average Bonchev–Trinajstić information content (AvgIpc) is 2.78. The Kier molecular flexibility index (Phi) is 3.63. The van der Waals surface area contributed by atoms with Gasteiger partial charge in [-0.1, -0.05) is 42.5 Å². The lowest BCUT2D eigenvalue weighted by Crippen LogP contribution is -2.58. The molecule has 1 N–H and O–H groups in total. The van der Waals surface area contributed by atoms with Crippen LogP contribution in [-0.4, -0.2) is 23.1 Å². The van der Waals surface area contributed by atoms with Gasteiger partial charge in [0, 0.05) is 13.0 Å². The first-order valence-corrected chi connectivity index (χ1v) is 7.24. The highest BCUT2D eigenvalue weighted by Crippen LogP contribution is 2.44. The zero-order chi connectivity index (χ0) is 16.6. The number of carbonyl (C=O) groups is 2. The van der Waals surface area contributed by atoms with Crippen LogP contribution in [0.2, 0.25) is 0 Å². The summed E-state index contributed by atoms with van der Waals surface area (Å²) in [6, 6.07) is 13.6. The molecule has 0 fully saturated rings. The maximum atomic E-state index is 13.2. The van der Waals surface area contributed by atoms with Crippen LogP contribution in [0.4, 0.5) is 16.2 Å². The van der Waals surface area contributed by atoms with Crippen molar-refractivity contribution in [2.24, 2.45) is 0 Å². The van der Waals surface area contributed by atoms with Gasteiger partial charge in [0.15, 0.2) is 11.7 Å². The van der Waals surface area contributed by atoms with Crippen LogP contribution in [0.3, 0.4) is 0 Å². The summed E-state index contributed by atoms with van der Waals surface area (Å²) < 4.78 is -1.50. The van der Waals surface area contributed by atoms with Crippen LogP contribution in [0.25, 0.3) is 0 Å². The van der Waals surface area contributed by atoms with Crippen molar-refractivity contribution in [2.75, 3.05) is 4.90 Å². The molecule has 118 valence electrons. The second-order valence-electron chi connectivity index (χ2n) is 5.52. The van der Waals surface area contributed by atoms with E-state index in [9.17, 15) is 19.9 Å². The summed E-state index contributed by atoms with van der Waals surface area (Å²) in [5.74, 6) is -1.30. The molecular weight excluding hydrogens is 296 g/mol. The molecular formula is C17H16N2O4. The topological polar surface area (TPSA) is 80.7 Å². The van der Waals surface area contributed by atoms with E-state index < -0.39 is 22.7 Å². The van der Waals surface area contributed by atoms with Crippen molar-refractivity contribution in [2.45, 2.75) is 19.5 Å². The monoisotopic (exact) mass is 312 g/mol. The fraction of sp³-hybridized carbons (Fsp3) is 0.176. The maximum Gasteiger partial charge on any atom is 0.429 e. The van der Waals surface area contributed by atoms with Crippen LogP contribution >= 0.6 is 0 Å². The minimum Gasteiger partial charge on any atom is -0.618 e. The minimum atomic E-state index is -1.50. The number of hydrogen-bond acceptors (Lipinski definition) is 3. The number of urea groups is 1. The van der Waals surface area contributed by atoms with Crippen LogP contribution < -0.4 is 9.55 Å². The molecule has 1 heterocycles. The normalized spacial score (nSPS) is 21.1. The van der Waals surface area contributed by atoms with Crippen molar-refractivity contribution >= 4 is 23.4 Å². The Hall–Kier alpha value is -2.70. The predicted molar refractivity (Wildman–Crippen MR) is 86.7 cm³/mol. The molecule has 0 aromatic heterocycles. The lowest BCUT2D eigenvalue weighted by atomic mass is 10.2. The standard InChI is InChI=1S/C17H16N2O4/c1-12(16(20)21)19(23)15-10-6-5-9-14(15)18(17(19)22)11-13-7-3-2-4-8-13/h2-10,12H,11H2,1H3,(H,20,21). The molecule has 1 aliphatic rings. The van der Waals surface area contributed by atoms with E-state index in [1.165, 1.54) is 17.9 Å². The third kappa shape index (κ3) is 2.28. The number of para-hydroxylation sites is 2. The molecule has 0 saturated carbocycles. The molecule has 0 saturated heterocycles. The fourth-order valence-electron chi connectivity index (χ4n) is 2.81. The molecule has 6 nitrogen and oxygen atoms in total. The first kappa shape index (κ1) is 15.2. The van der Waals surface area contributed by atoms with Gasteiger partial charge >= 0.3 is 12.0 Å². The highest BCUT2D eigenvalue weighted by molar-refractivity contribution is 6.12. The Labute approximate surface area is 133 Å². The van der Waals surface area contributed by atoms with Crippen molar-refractivity contribution in [3.63, 3.8) is 0 Å². The van der Waals surface area contributed by atoms with E-state index in [4.69, 9.17) is 0 Å². The minimum absolute atomic E-state index is 0.170. The van der Waals surface area contributed by atoms with Gasteiger partial charge < -0.3 is 10.3 Å². The van der Waals surface area contributed by atoms with Gasteiger partial charge in [-0.3, -0.25) is 4.90 Å². The highest BCUT2D eigenvalue weighted by atomic mass is 16.6. The molecule has 6 heteroatoms. The molecule has 0 bridgehead atoms. The highest BCUT2D eigenvalue weighted by Gasteiger charge is 2.51. The van der Waals surface area contributed by atoms with Crippen LogP contribution in [0.5, 0.6) is 0 Å². The number of hydroxylamine groups is 2. The number of carboxylic acid groups (broad SMARTS) is 1. The van der Waals surface area contributed by atoms with E-state index in [2.05, 4.69) is 0 Å². The SMILES string of the molecule is CC(C(=O)O)[N+]1([O-])C(=O)N(Cc2ccccc2)c2ccccc21. The molecule has 2 aromatic rings. The third-order valence-electron chi connectivity index (χ3n) is 4.13. The number of rotatable bonds is 4. The number of anilines is 1. The lowest BCUT2D eigenvalue weighted by molar-refractivity contribution is -0.140. The molecule has 1 aliphatic heterocycles. The second kappa shape index (κ2) is 5.49. The lowest BCUT2D eigenvalue weighted by Gasteiger charge is -2.37. The smallest absolute Gasteiger partial charge is 0.429 e. The van der Waals surface area contributed by atoms with Gasteiger partial charge in [-0.25, -0.2) is 14.2 Å². The molecule has 2 unspecified atom stereocenters. The zero-order valence-electron chi connectivity index (χ0n) is 12.5. The first-order valence-electron chi connectivity index (χ1n) is 7.24. The number of benzene rings is 2. The summed E-state index contributed by atoms with van der Waals surface area (Å²) in [5, 5.41) is 22.4. The predicted octanol–water partition coefficient (Wildman–Crippen LogP) is 3.11. The molecule has 2 atom stereocenters. The number of carboxylic acids is 1. The van der Waals surface area contributed by atoms with E-state index in [1.54, 1.807) is 18.2 Å². The van der Waals surface area contributed by atoms with Crippen molar-refractivity contribution < 1.29 is 14.7 Å². The molecule has 23 heavy (non-hydrogen) atoms. The Morgan fingerprint density at radius 2 is 1.78 bits per heavy atom. The van der Waals surface area contributed by atoms with E-state index in [-0.39, 0.29) is 12.2 Å². The molecule has 2 amide bonds. The fourth-order valence-corrected chi connectivity index (χ4v) is 2.81. The van der Waals surface area contributed by atoms with Gasteiger partial charge in [-0.05, 0) is 11.6 Å². The summed E-state index contributed by atoms with van der Waals surface area (Å²) in [6.45, 7) is 1.49. The Balaban J connectivity index is 2.07. The van der Waals surface area contributed by atoms with Crippen LogP contribution in [0, 0.1) is 5.21 Å². The summed E-state index contributed by atoms with van der Waals surface area (Å²) >= 11 is 0. The summed E-state index contributed by atoms with van der Waals surface area (Å²) in [4.78, 5) is 25.4. The molecule has 0 aliphatic carbocycles. The van der Waals surface area contributed by atoms with Gasteiger partial charge in [0.2, 0.25) is 0 Å². The van der Waals surface area contributed by atoms with E-state index in [0.717, 1.165) is 5.56 Å². The van der Waals surface area contributed by atoms with E-state index in [0.29, 0.717) is 5.69 Å². The summed E-state index contributed by atoms with van der Waals surface area (Å²) in [6.07, 6.45) is 0. The van der Waals surface area contributed by atoms with Gasteiger partial charge in [0.1, 0.15) is 5.69 Å². The third-order valence-corrected chi connectivity index (χ3v) is 4.13. The summed E-state index contributed by atoms with van der Waals surface area (Å²) in [5.41, 5.74) is 1.50. The van der Waals surface area contributed by atoms with Crippen LogP contribution in [-0.2, 0) is 11.3 Å². The zero-order valence-corrected chi connectivity index (χ0v) is 12.5. The number of carbonyl (C=O) groups excluding carboxylic acids is 1. The first-order chi connectivity index (χ1) is 11.0. The second-order valence-corrected chi connectivity index (χ2v) is 5.52. The number of hydrogen-bond donors (Lipinski definition) is 1. The van der Waals surface area contributed by atoms with Crippen molar-refractivity contribution in [3.05, 3.63) is 65.4 Å². The van der Waals surface area contributed by atoms with Gasteiger partial charge in [-0.15, -0.1) is 0 Å². The number of amides is 2. The average molecular weight is 312 g/mol. The Morgan fingerprint density at radius 1 is 1.17 bits per heavy atom.